The summed E-state index contributed by atoms with van der Waals surface area (Å²) in [7, 11) is 4.82. The molecule has 0 saturated carbocycles. The minimum atomic E-state index is -1.50. The number of hydrogen-bond donors (Lipinski definition) is 2. The van der Waals surface area contributed by atoms with Crippen molar-refractivity contribution in [1.29, 1.82) is 0 Å². The maximum Gasteiger partial charge on any atom is 0.309 e. The summed E-state index contributed by atoms with van der Waals surface area (Å²) in [5, 5.41) is 23.4. The zero-order chi connectivity index (χ0) is 43.5. The number of rotatable bonds is 11. The lowest BCUT2D eigenvalue weighted by atomic mass is 9.87. The van der Waals surface area contributed by atoms with Crippen LogP contribution < -0.4 is 0 Å². The Morgan fingerprint density at radius 3 is 2.28 bits per heavy atom. The lowest BCUT2D eigenvalue weighted by molar-refractivity contribution is -0.342. The minimum Gasteiger partial charge on any atom is -0.462 e. The van der Waals surface area contributed by atoms with E-state index >= 15 is 0 Å². The van der Waals surface area contributed by atoms with E-state index < -0.39 is 115 Å². The highest BCUT2D eigenvalue weighted by Crippen LogP contribution is 2.37. The first-order valence-corrected chi connectivity index (χ1v) is 20.3. The molecular weight excluding hydrogens is 758 g/mol. The number of aldehydes is 1. The SMILES string of the molecule is COC1C(OC(C)=O)CC(=O)OC(C)CC=CC=CC(=O)C(C)CC(C=O)CC1OC1OC(C)C(OC2CC(C)(O)C(OC(=O)CC(C)C)C(C)O2)C(N(C)C)C1O. The van der Waals surface area contributed by atoms with Gasteiger partial charge in [-0.05, 0) is 66.6 Å². The number of carbonyl (C=O) groups excluding carboxylic acids is 5. The third-order valence-corrected chi connectivity index (χ3v) is 10.7. The van der Waals surface area contributed by atoms with Gasteiger partial charge in [0.25, 0.3) is 0 Å². The van der Waals surface area contributed by atoms with E-state index in [0.717, 1.165) is 0 Å². The molecule has 16 nitrogen and oxygen atoms in total. The molecule has 3 aliphatic rings. The van der Waals surface area contributed by atoms with E-state index in [2.05, 4.69) is 0 Å². The standard InChI is InChI=1S/C42H67NO15/c1-23(2)17-33(47)57-40-27(6)53-35(21-42(40,8)50)58-38-26(5)54-41(37(49)36(38)43(9)10)56-31-19-29(22-44)18-24(3)30(46)16-14-12-13-15-25(4)52-34(48)20-32(39(31)51-11)55-28(7)45/h12-14,16,22-27,29,31-32,35-41,49-50H,15,17-21H2,1-11H3. The van der Waals surface area contributed by atoms with Crippen molar-refractivity contribution in [2.24, 2.45) is 17.8 Å². The molecule has 15 unspecified atom stereocenters. The molecule has 3 rings (SSSR count). The Labute approximate surface area is 342 Å². The van der Waals surface area contributed by atoms with E-state index in [1.807, 2.05) is 13.8 Å². The van der Waals surface area contributed by atoms with E-state index in [9.17, 15) is 34.2 Å². The van der Waals surface area contributed by atoms with Crippen molar-refractivity contribution in [2.75, 3.05) is 21.2 Å². The lowest BCUT2D eigenvalue weighted by Crippen LogP contribution is -2.65. The quantitative estimate of drug-likeness (QED) is 0.175. The molecule has 2 fully saturated rings. The van der Waals surface area contributed by atoms with E-state index in [1.54, 1.807) is 71.8 Å². The van der Waals surface area contributed by atoms with Crippen molar-refractivity contribution in [3.05, 3.63) is 24.3 Å². The number of likely N-dealkylation sites (N-methyl/N-ethyl adjacent to an activating group) is 1. The van der Waals surface area contributed by atoms with Crippen LogP contribution in [0.4, 0.5) is 0 Å². The molecule has 0 aromatic heterocycles. The first-order chi connectivity index (χ1) is 27.2. The highest BCUT2D eigenvalue weighted by atomic mass is 16.7. The largest absolute Gasteiger partial charge is 0.462 e. The van der Waals surface area contributed by atoms with Gasteiger partial charge >= 0.3 is 17.9 Å². The molecular formula is C42H67NO15. The fraction of sp³-hybridized carbons (Fsp3) is 0.786. The summed E-state index contributed by atoms with van der Waals surface area (Å²) in [4.78, 5) is 65.4. The monoisotopic (exact) mass is 825 g/mol. The first-order valence-electron chi connectivity index (χ1n) is 20.3. The van der Waals surface area contributed by atoms with E-state index in [4.69, 9.17) is 37.9 Å². The number of methoxy groups -OCH3 is 1. The fourth-order valence-electron chi connectivity index (χ4n) is 7.87. The van der Waals surface area contributed by atoms with Crippen LogP contribution in [-0.4, -0.2) is 145 Å². The van der Waals surface area contributed by atoms with Crippen molar-refractivity contribution in [2.45, 2.75) is 173 Å². The molecule has 16 heteroatoms. The Balaban J connectivity index is 1.93. The van der Waals surface area contributed by atoms with Crippen LogP contribution in [0.25, 0.3) is 0 Å². The predicted molar refractivity (Wildman–Crippen MR) is 209 cm³/mol. The molecule has 3 heterocycles. The highest BCUT2D eigenvalue weighted by Gasteiger charge is 2.52. The van der Waals surface area contributed by atoms with Gasteiger partial charge in [-0.25, -0.2) is 0 Å². The second-order valence-electron chi connectivity index (χ2n) is 16.8. The maximum atomic E-state index is 13.2. The maximum absolute atomic E-state index is 13.2. The fourth-order valence-corrected chi connectivity index (χ4v) is 7.87. The summed E-state index contributed by atoms with van der Waals surface area (Å²) in [6.07, 6.45) is -3.73. The van der Waals surface area contributed by atoms with Crippen LogP contribution in [0.1, 0.15) is 93.9 Å². The topological polar surface area (TPSA) is 203 Å². The summed E-state index contributed by atoms with van der Waals surface area (Å²) >= 11 is 0. The van der Waals surface area contributed by atoms with E-state index in [0.29, 0.717) is 12.7 Å². The van der Waals surface area contributed by atoms with Gasteiger partial charge in [-0.2, -0.15) is 0 Å². The van der Waals surface area contributed by atoms with Crippen LogP contribution in [0.3, 0.4) is 0 Å². The van der Waals surface area contributed by atoms with Crippen molar-refractivity contribution in [3.63, 3.8) is 0 Å². The number of nitrogens with zero attached hydrogens (tertiary/aromatic N) is 1. The molecule has 0 amide bonds. The number of aliphatic hydroxyl groups is 2. The summed E-state index contributed by atoms with van der Waals surface area (Å²) in [6, 6.07) is -0.782. The van der Waals surface area contributed by atoms with Gasteiger partial charge < -0.3 is 57.8 Å². The Kier molecular flexibility index (Phi) is 19.1. The molecule has 15 atom stereocenters. The lowest BCUT2D eigenvalue weighted by Gasteiger charge is -2.50. The summed E-state index contributed by atoms with van der Waals surface area (Å²) in [6.45, 7) is 13.4. The zero-order valence-corrected chi connectivity index (χ0v) is 35.9. The molecule has 58 heavy (non-hydrogen) atoms. The number of carbonyl (C=O) groups is 5. The van der Waals surface area contributed by atoms with Gasteiger partial charge in [0.15, 0.2) is 24.5 Å². The van der Waals surface area contributed by atoms with Gasteiger partial charge in [-0.15, -0.1) is 0 Å². The van der Waals surface area contributed by atoms with Crippen molar-refractivity contribution in [3.8, 4) is 0 Å². The van der Waals surface area contributed by atoms with Crippen molar-refractivity contribution < 1.29 is 72.1 Å². The predicted octanol–water partition coefficient (Wildman–Crippen LogP) is 3.22. The summed E-state index contributed by atoms with van der Waals surface area (Å²) in [5.41, 5.74) is -1.50. The van der Waals surface area contributed by atoms with Crippen LogP contribution in [-0.2, 0) is 61.9 Å². The molecule has 0 spiro atoms. The zero-order valence-electron chi connectivity index (χ0n) is 35.9. The number of esters is 3. The first kappa shape index (κ1) is 49.3. The van der Waals surface area contributed by atoms with Gasteiger partial charge in [-0.1, -0.05) is 39.0 Å². The van der Waals surface area contributed by atoms with Gasteiger partial charge in [0.2, 0.25) is 0 Å². The summed E-state index contributed by atoms with van der Waals surface area (Å²) in [5.74, 6) is -3.26. The normalized spacial score (nSPS) is 38.5. The molecule has 0 aromatic carbocycles. The molecule has 3 aliphatic heterocycles. The van der Waals surface area contributed by atoms with Crippen molar-refractivity contribution >= 4 is 30.0 Å². The molecule has 330 valence electrons. The van der Waals surface area contributed by atoms with Gasteiger partial charge in [0.05, 0.1) is 30.8 Å². The summed E-state index contributed by atoms with van der Waals surface area (Å²) < 4.78 is 48.2. The Morgan fingerprint density at radius 2 is 1.69 bits per heavy atom. The Bertz CT molecular complexity index is 1430. The Morgan fingerprint density at radius 1 is 1.00 bits per heavy atom. The van der Waals surface area contributed by atoms with Crippen LogP contribution in [0.2, 0.25) is 0 Å². The second kappa shape index (κ2) is 22.5. The van der Waals surface area contributed by atoms with E-state index in [1.165, 1.54) is 20.1 Å². The third kappa shape index (κ3) is 14.3. The van der Waals surface area contributed by atoms with Crippen LogP contribution in [0.15, 0.2) is 24.3 Å². The average molecular weight is 826 g/mol. The number of ether oxygens (including phenoxy) is 8. The third-order valence-electron chi connectivity index (χ3n) is 10.7. The van der Waals surface area contributed by atoms with Crippen LogP contribution in [0, 0.1) is 17.8 Å². The van der Waals surface area contributed by atoms with Crippen LogP contribution in [0.5, 0.6) is 0 Å². The molecule has 0 bridgehead atoms. The molecule has 0 radical (unpaired) electrons. The second-order valence-corrected chi connectivity index (χ2v) is 16.8. The van der Waals surface area contributed by atoms with Crippen molar-refractivity contribution in [1.82, 2.24) is 4.90 Å². The molecule has 2 saturated heterocycles. The minimum absolute atomic E-state index is 0.0486. The smallest absolute Gasteiger partial charge is 0.309 e. The highest BCUT2D eigenvalue weighted by molar-refractivity contribution is 5.91. The number of cyclic esters (lactones) is 1. The number of ketones is 1. The van der Waals surface area contributed by atoms with Gasteiger partial charge in [-0.3, -0.25) is 19.2 Å². The molecule has 0 aliphatic carbocycles. The van der Waals surface area contributed by atoms with Gasteiger partial charge in [0.1, 0.15) is 42.4 Å². The average Bonchev–Trinajstić information content (AvgIpc) is 3.10. The number of hydrogen-bond acceptors (Lipinski definition) is 16. The molecule has 2 N–H and O–H groups in total. The van der Waals surface area contributed by atoms with E-state index in [-0.39, 0.29) is 37.4 Å². The number of allylic oxidation sites excluding steroid dienone is 3. The van der Waals surface area contributed by atoms with Crippen LogP contribution >= 0.6 is 0 Å². The molecule has 0 aromatic rings. The Hall–Kier alpha value is -3.09. The van der Waals surface area contributed by atoms with Gasteiger partial charge in [0, 0.05) is 45.1 Å². The number of aliphatic hydroxyl groups excluding tert-OH is 1.